The number of hydrogen-bond acceptors (Lipinski definition) is 2. The fraction of sp³-hybridized carbons (Fsp3) is 0.417. The molecule has 6 heteroatoms. The van der Waals surface area contributed by atoms with Crippen LogP contribution in [0, 0.1) is 5.82 Å². The number of amides is 1. The third-order valence-electron chi connectivity index (χ3n) is 2.33. The van der Waals surface area contributed by atoms with E-state index >= 15 is 0 Å². The molecule has 18 heavy (non-hydrogen) atoms. The van der Waals surface area contributed by atoms with Crippen molar-refractivity contribution in [2.75, 3.05) is 19.6 Å². The maximum Gasteiger partial charge on any atom is 0.252 e. The lowest BCUT2D eigenvalue weighted by atomic mass is 10.1. The van der Waals surface area contributed by atoms with Crippen LogP contribution in [0.3, 0.4) is 0 Å². The monoisotopic (exact) mass is 337 g/mol. The van der Waals surface area contributed by atoms with Gasteiger partial charge in [0.1, 0.15) is 5.82 Å². The first-order valence-electron chi connectivity index (χ1n) is 5.39. The minimum atomic E-state index is -0.455. The molecule has 3 nitrogen and oxygen atoms in total. The smallest absolute Gasteiger partial charge is 0.252 e. The highest BCUT2D eigenvalue weighted by Gasteiger charge is 2.16. The van der Waals surface area contributed by atoms with Crippen LogP contribution in [0.5, 0.6) is 0 Å². The number of carbonyl (C=O) groups excluding carboxylic acids is 1. The highest BCUT2D eigenvalue weighted by atomic mass is 79.9. The summed E-state index contributed by atoms with van der Waals surface area (Å²) in [5.74, 6) is -0.393. The van der Waals surface area contributed by atoms with Crippen molar-refractivity contribution < 1.29 is 13.9 Å². The lowest BCUT2D eigenvalue weighted by Crippen LogP contribution is -2.38. The van der Waals surface area contributed by atoms with E-state index in [2.05, 4.69) is 21.2 Å². The molecule has 0 aromatic heterocycles. The fourth-order valence-corrected chi connectivity index (χ4v) is 2.15. The van der Waals surface area contributed by atoms with Gasteiger partial charge in [0.2, 0.25) is 0 Å². The first kappa shape index (κ1) is 15.4. The van der Waals surface area contributed by atoms with Crippen molar-refractivity contribution in [3.8, 4) is 0 Å². The number of benzene rings is 1. The Morgan fingerprint density at radius 2 is 2.33 bits per heavy atom. The van der Waals surface area contributed by atoms with E-state index in [0.29, 0.717) is 23.4 Å². The van der Waals surface area contributed by atoms with Gasteiger partial charge in [-0.15, -0.1) is 11.6 Å². The van der Waals surface area contributed by atoms with Crippen molar-refractivity contribution in [3.05, 3.63) is 34.1 Å². The Balaban J connectivity index is 2.76. The molecule has 0 bridgehead atoms. The third kappa shape index (κ3) is 4.55. The van der Waals surface area contributed by atoms with E-state index in [1.807, 2.05) is 0 Å². The molecule has 0 aliphatic rings. The van der Waals surface area contributed by atoms with Crippen molar-refractivity contribution in [2.24, 2.45) is 0 Å². The summed E-state index contributed by atoms with van der Waals surface area (Å²) in [6.07, 6.45) is 0.591. The molecule has 1 N–H and O–H groups in total. The zero-order chi connectivity index (χ0) is 13.5. The van der Waals surface area contributed by atoms with Crippen LogP contribution in [0.2, 0.25) is 0 Å². The number of ether oxygens (including phenoxy) is 1. The molecule has 0 heterocycles. The van der Waals surface area contributed by atoms with Crippen molar-refractivity contribution >= 4 is 33.4 Å². The van der Waals surface area contributed by atoms with Gasteiger partial charge in [0.15, 0.2) is 0 Å². The predicted molar refractivity (Wildman–Crippen MR) is 72.6 cm³/mol. The largest absolute Gasteiger partial charge is 0.383 e. The number of hydrogen-bond donors (Lipinski definition) is 1. The second-order valence-electron chi connectivity index (χ2n) is 3.73. The second kappa shape index (κ2) is 7.71. The zero-order valence-electron chi connectivity index (χ0n) is 9.88. The summed E-state index contributed by atoms with van der Waals surface area (Å²) < 4.78 is 18.6. The molecule has 0 aliphatic carbocycles. The fourth-order valence-electron chi connectivity index (χ4n) is 1.46. The number of methoxy groups -OCH3 is 1. The van der Waals surface area contributed by atoms with Crippen molar-refractivity contribution in [3.63, 3.8) is 0 Å². The summed E-state index contributed by atoms with van der Waals surface area (Å²) in [6.45, 7) is 0.366. The van der Waals surface area contributed by atoms with Gasteiger partial charge in [0.25, 0.3) is 5.91 Å². The SMILES string of the molecule is COCC(CCCl)NC(=O)c1cc(F)ccc1Br. The molecule has 0 saturated heterocycles. The van der Waals surface area contributed by atoms with Gasteiger partial charge in [-0.05, 0) is 40.5 Å². The maximum atomic E-state index is 13.1. The van der Waals surface area contributed by atoms with Gasteiger partial charge in [0.05, 0.1) is 18.2 Å². The molecular formula is C12H14BrClFNO2. The van der Waals surface area contributed by atoms with Crippen LogP contribution < -0.4 is 5.32 Å². The molecule has 1 rings (SSSR count). The Bertz CT molecular complexity index is 411. The topological polar surface area (TPSA) is 38.3 Å². The maximum absolute atomic E-state index is 13.1. The van der Waals surface area contributed by atoms with Gasteiger partial charge in [-0.25, -0.2) is 4.39 Å². The normalized spacial score (nSPS) is 12.2. The van der Waals surface area contributed by atoms with E-state index in [9.17, 15) is 9.18 Å². The van der Waals surface area contributed by atoms with Crippen LogP contribution in [-0.4, -0.2) is 31.5 Å². The second-order valence-corrected chi connectivity index (χ2v) is 4.96. The predicted octanol–water partition coefficient (Wildman–Crippen LogP) is 2.96. The molecule has 1 aromatic carbocycles. The summed E-state index contributed by atoms with van der Waals surface area (Å²) in [7, 11) is 1.55. The molecule has 0 saturated carbocycles. The first-order valence-corrected chi connectivity index (χ1v) is 6.72. The van der Waals surface area contributed by atoms with Gasteiger partial charge in [-0.2, -0.15) is 0 Å². The molecule has 0 radical (unpaired) electrons. The van der Waals surface area contributed by atoms with Crippen molar-refractivity contribution in [2.45, 2.75) is 12.5 Å². The van der Waals surface area contributed by atoms with E-state index in [0.717, 1.165) is 0 Å². The molecule has 1 aromatic rings. The highest BCUT2D eigenvalue weighted by molar-refractivity contribution is 9.10. The van der Waals surface area contributed by atoms with Crippen LogP contribution in [0.4, 0.5) is 4.39 Å². The molecule has 1 amide bonds. The Hall–Kier alpha value is -0.650. The quantitative estimate of drug-likeness (QED) is 0.810. The Morgan fingerprint density at radius 3 is 2.94 bits per heavy atom. The van der Waals surface area contributed by atoms with E-state index < -0.39 is 5.82 Å². The molecule has 0 spiro atoms. The zero-order valence-corrected chi connectivity index (χ0v) is 12.2. The number of carbonyl (C=O) groups is 1. The Labute approximate surface area is 119 Å². The van der Waals surface area contributed by atoms with Gasteiger partial charge in [-0.3, -0.25) is 4.79 Å². The summed E-state index contributed by atoms with van der Waals surface area (Å²) in [4.78, 5) is 12.0. The van der Waals surface area contributed by atoms with Gasteiger partial charge in [0, 0.05) is 17.5 Å². The van der Waals surface area contributed by atoms with E-state index in [-0.39, 0.29) is 17.5 Å². The molecular weight excluding hydrogens is 324 g/mol. The average molecular weight is 339 g/mol. The summed E-state index contributed by atoms with van der Waals surface area (Å²) in [5, 5.41) is 2.76. The lowest BCUT2D eigenvalue weighted by molar-refractivity contribution is 0.0894. The van der Waals surface area contributed by atoms with Crippen LogP contribution in [0.1, 0.15) is 16.8 Å². The molecule has 0 aliphatic heterocycles. The summed E-state index contributed by atoms with van der Waals surface area (Å²) in [5.41, 5.74) is 0.255. The van der Waals surface area contributed by atoms with E-state index in [1.54, 1.807) is 7.11 Å². The van der Waals surface area contributed by atoms with Crippen LogP contribution >= 0.6 is 27.5 Å². The average Bonchev–Trinajstić information content (AvgIpc) is 2.33. The Kier molecular flexibility index (Phi) is 6.60. The standard InChI is InChI=1S/C12H14BrClFNO2/c1-18-7-9(4-5-14)16-12(17)10-6-8(15)2-3-11(10)13/h2-3,6,9H,4-5,7H2,1H3,(H,16,17). The van der Waals surface area contributed by atoms with E-state index in [1.165, 1.54) is 18.2 Å². The molecule has 1 unspecified atom stereocenters. The van der Waals surface area contributed by atoms with Crippen LogP contribution in [0.15, 0.2) is 22.7 Å². The molecule has 0 fully saturated rings. The van der Waals surface area contributed by atoms with E-state index in [4.69, 9.17) is 16.3 Å². The number of rotatable bonds is 6. The number of nitrogens with one attached hydrogen (secondary N) is 1. The van der Waals surface area contributed by atoms with Crippen molar-refractivity contribution in [1.82, 2.24) is 5.32 Å². The highest BCUT2D eigenvalue weighted by Crippen LogP contribution is 2.18. The Morgan fingerprint density at radius 1 is 1.61 bits per heavy atom. The summed E-state index contributed by atoms with van der Waals surface area (Å²) >= 11 is 8.86. The minimum Gasteiger partial charge on any atom is -0.383 e. The van der Waals surface area contributed by atoms with Gasteiger partial charge < -0.3 is 10.1 Å². The van der Waals surface area contributed by atoms with Crippen LogP contribution in [-0.2, 0) is 4.74 Å². The molecule has 1 atom stereocenters. The third-order valence-corrected chi connectivity index (χ3v) is 3.24. The van der Waals surface area contributed by atoms with Gasteiger partial charge >= 0.3 is 0 Å². The number of alkyl halides is 1. The van der Waals surface area contributed by atoms with Crippen LogP contribution in [0.25, 0.3) is 0 Å². The first-order chi connectivity index (χ1) is 8.58. The lowest BCUT2D eigenvalue weighted by Gasteiger charge is -2.17. The van der Waals surface area contributed by atoms with Crippen molar-refractivity contribution in [1.29, 1.82) is 0 Å². The minimum absolute atomic E-state index is 0.185. The summed E-state index contributed by atoms with van der Waals surface area (Å²) in [6, 6.07) is 3.78. The number of halogens is 3. The molecule has 100 valence electrons. The van der Waals surface area contributed by atoms with Gasteiger partial charge in [-0.1, -0.05) is 0 Å².